The van der Waals surface area contributed by atoms with Crippen LogP contribution in [0.5, 0.6) is 0 Å². The number of carbonyl (C=O) groups is 1. The smallest absolute Gasteiger partial charge is 0.164 e. The van der Waals surface area contributed by atoms with Gasteiger partial charge in [-0.05, 0) is 24.6 Å². The summed E-state index contributed by atoms with van der Waals surface area (Å²) >= 11 is 3.36. The van der Waals surface area contributed by atoms with Crippen molar-refractivity contribution in [2.24, 2.45) is 0 Å². The van der Waals surface area contributed by atoms with Gasteiger partial charge in [-0.15, -0.1) is 0 Å². The van der Waals surface area contributed by atoms with E-state index in [4.69, 9.17) is 5.73 Å². The molecule has 0 aliphatic rings. The van der Waals surface area contributed by atoms with Gasteiger partial charge in [0.25, 0.3) is 0 Å². The highest BCUT2D eigenvalue weighted by Gasteiger charge is 2.09. The van der Waals surface area contributed by atoms with Gasteiger partial charge >= 0.3 is 0 Å². The van der Waals surface area contributed by atoms with Crippen LogP contribution >= 0.6 is 15.9 Å². The first-order valence-corrected chi connectivity index (χ1v) is 7.02. The van der Waals surface area contributed by atoms with E-state index in [2.05, 4.69) is 22.9 Å². The Balaban J connectivity index is 2.44. The monoisotopic (exact) mass is 297 g/mol. The standard InChI is InChI=1S/C14H20BrNO/c1-2-3-4-5-6-7-14(17)12-10-11(15)8-9-13(12)16/h8-10H,2-7,16H2,1H3. The van der Waals surface area contributed by atoms with Crippen molar-refractivity contribution >= 4 is 27.4 Å². The highest BCUT2D eigenvalue weighted by molar-refractivity contribution is 9.10. The van der Waals surface area contributed by atoms with Gasteiger partial charge in [-0.25, -0.2) is 0 Å². The molecule has 0 unspecified atom stereocenters. The Morgan fingerprint density at radius 2 is 1.94 bits per heavy atom. The third kappa shape index (κ3) is 4.90. The van der Waals surface area contributed by atoms with E-state index in [1.54, 1.807) is 6.07 Å². The van der Waals surface area contributed by atoms with E-state index in [0.717, 1.165) is 17.3 Å². The molecule has 0 aliphatic carbocycles. The van der Waals surface area contributed by atoms with Crippen molar-refractivity contribution in [3.05, 3.63) is 28.2 Å². The van der Waals surface area contributed by atoms with Gasteiger partial charge in [0.1, 0.15) is 0 Å². The van der Waals surface area contributed by atoms with E-state index in [9.17, 15) is 4.79 Å². The topological polar surface area (TPSA) is 43.1 Å². The first-order valence-electron chi connectivity index (χ1n) is 6.23. The van der Waals surface area contributed by atoms with Crippen molar-refractivity contribution < 1.29 is 4.79 Å². The van der Waals surface area contributed by atoms with Crippen molar-refractivity contribution in [2.75, 3.05) is 5.73 Å². The van der Waals surface area contributed by atoms with Gasteiger partial charge < -0.3 is 5.73 Å². The number of nitrogen functional groups attached to an aromatic ring is 1. The van der Waals surface area contributed by atoms with E-state index >= 15 is 0 Å². The predicted molar refractivity (Wildman–Crippen MR) is 76.3 cm³/mol. The van der Waals surface area contributed by atoms with Crippen LogP contribution in [0.15, 0.2) is 22.7 Å². The van der Waals surface area contributed by atoms with Crippen LogP contribution in [0.25, 0.3) is 0 Å². The van der Waals surface area contributed by atoms with Crippen molar-refractivity contribution in [2.45, 2.75) is 45.4 Å². The number of ketones is 1. The van der Waals surface area contributed by atoms with Crippen LogP contribution < -0.4 is 5.73 Å². The molecule has 0 atom stereocenters. The molecule has 1 rings (SSSR count). The molecule has 0 aliphatic heterocycles. The number of hydrogen-bond acceptors (Lipinski definition) is 2. The van der Waals surface area contributed by atoms with Gasteiger partial charge in [0.05, 0.1) is 0 Å². The molecule has 0 saturated carbocycles. The largest absolute Gasteiger partial charge is 0.398 e. The molecule has 2 nitrogen and oxygen atoms in total. The number of anilines is 1. The molecule has 0 amide bonds. The van der Waals surface area contributed by atoms with Crippen LogP contribution in [-0.2, 0) is 0 Å². The van der Waals surface area contributed by atoms with Crippen molar-refractivity contribution in [1.82, 2.24) is 0 Å². The molecule has 0 spiro atoms. The Bertz CT molecular complexity index is 376. The number of rotatable bonds is 7. The molecule has 0 bridgehead atoms. The van der Waals surface area contributed by atoms with Crippen LogP contribution in [-0.4, -0.2) is 5.78 Å². The molecule has 1 aromatic carbocycles. The van der Waals surface area contributed by atoms with Crippen LogP contribution in [0.4, 0.5) is 5.69 Å². The van der Waals surface area contributed by atoms with Crippen LogP contribution in [0, 0.1) is 0 Å². The Labute approximate surface area is 112 Å². The second-order valence-electron chi connectivity index (χ2n) is 4.32. The van der Waals surface area contributed by atoms with Crippen LogP contribution in [0.1, 0.15) is 55.8 Å². The SMILES string of the molecule is CCCCCCCC(=O)c1cc(Br)ccc1N. The maximum Gasteiger partial charge on any atom is 0.164 e. The Morgan fingerprint density at radius 1 is 1.24 bits per heavy atom. The summed E-state index contributed by atoms with van der Waals surface area (Å²) < 4.78 is 0.904. The molecular weight excluding hydrogens is 278 g/mol. The highest BCUT2D eigenvalue weighted by atomic mass is 79.9. The fraction of sp³-hybridized carbons (Fsp3) is 0.500. The first-order chi connectivity index (χ1) is 8.15. The zero-order valence-electron chi connectivity index (χ0n) is 10.3. The minimum Gasteiger partial charge on any atom is -0.398 e. The van der Waals surface area contributed by atoms with E-state index < -0.39 is 0 Å². The molecule has 0 heterocycles. The third-order valence-corrected chi connectivity index (χ3v) is 3.32. The molecule has 17 heavy (non-hydrogen) atoms. The first kappa shape index (κ1) is 14.2. The average molecular weight is 298 g/mol. The summed E-state index contributed by atoms with van der Waals surface area (Å²) in [6, 6.07) is 5.44. The molecule has 94 valence electrons. The summed E-state index contributed by atoms with van der Waals surface area (Å²) in [6.45, 7) is 2.19. The summed E-state index contributed by atoms with van der Waals surface area (Å²) in [6.07, 6.45) is 6.40. The minimum absolute atomic E-state index is 0.153. The lowest BCUT2D eigenvalue weighted by Crippen LogP contribution is -2.03. The molecular formula is C14H20BrNO. The summed E-state index contributed by atoms with van der Waals surface area (Å²) in [5.74, 6) is 0.153. The molecule has 3 heteroatoms. The Hall–Kier alpha value is -0.830. The second-order valence-corrected chi connectivity index (χ2v) is 5.23. The molecule has 0 fully saturated rings. The fourth-order valence-electron chi connectivity index (χ4n) is 1.79. The lowest BCUT2D eigenvalue weighted by atomic mass is 10.0. The maximum absolute atomic E-state index is 11.9. The fourth-order valence-corrected chi connectivity index (χ4v) is 2.15. The van der Waals surface area contributed by atoms with E-state index in [1.807, 2.05) is 12.1 Å². The average Bonchev–Trinajstić information content (AvgIpc) is 2.32. The van der Waals surface area contributed by atoms with Gasteiger partial charge in [-0.1, -0.05) is 48.5 Å². The number of halogens is 1. The number of hydrogen-bond donors (Lipinski definition) is 1. The molecule has 0 aromatic heterocycles. The predicted octanol–water partition coefficient (Wildman–Crippen LogP) is 4.57. The van der Waals surface area contributed by atoms with E-state index in [-0.39, 0.29) is 5.78 Å². The Kier molecular flexibility index (Phi) is 6.27. The molecule has 1 aromatic rings. The van der Waals surface area contributed by atoms with Crippen molar-refractivity contribution in [3.63, 3.8) is 0 Å². The van der Waals surface area contributed by atoms with Gasteiger partial charge in [0.15, 0.2) is 5.78 Å². The lowest BCUT2D eigenvalue weighted by molar-refractivity contribution is 0.0980. The highest BCUT2D eigenvalue weighted by Crippen LogP contribution is 2.20. The zero-order valence-corrected chi connectivity index (χ0v) is 11.9. The Morgan fingerprint density at radius 3 is 2.65 bits per heavy atom. The summed E-state index contributed by atoms with van der Waals surface area (Å²) in [7, 11) is 0. The van der Waals surface area contributed by atoms with Crippen molar-refractivity contribution in [3.8, 4) is 0 Å². The third-order valence-electron chi connectivity index (χ3n) is 2.82. The maximum atomic E-state index is 11.9. The van der Waals surface area contributed by atoms with E-state index in [0.29, 0.717) is 17.7 Å². The number of nitrogens with two attached hydrogens (primary N) is 1. The van der Waals surface area contributed by atoms with Crippen LogP contribution in [0.2, 0.25) is 0 Å². The minimum atomic E-state index is 0.153. The number of Topliss-reactive ketones (excluding diaryl/α,β-unsaturated/α-hetero) is 1. The normalized spacial score (nSPS) is 10.5. The number of carbonyl (C=O) groups excluding carboxylic acids is 1. The van der Waals surface area contributed by atoms with E-state index in [1.165, 1.54) is 19.3 Å². The number of benzene rings is 1. The van der Waals surface area contributed by atoms with Gasteiger partial charge in [-0.3, -0.25) is 4.79 Å². The van der Waals surface area contributed by atoms with Gasteiger partial charge in [0.2, 0.25) is 0 Å². The summed E-state index contributed by atoms with van der Waals surface area (Å²) in [5.41, 5.74) is 7.02. The summed E-state index contributed by atoms with van der Waals surface area (Å²) in [5, 5.41) is 0. The molecule has 2 N–H and O–H groups in total. The van der Waals surface area contributed by atoms with Crippen LogP contribution in [0.3, 0.4) is 0 Å². The summed E-state index contributed by atoms with van der Waals surface area (Å²) in [4.78, 5) is 11.9. The van der Waals surface area contributed by atoms with Crippen molar-refractivity contribution in [1.29, 1.82) is 0 Å². The second kappa shape index (κ2) is 7.49. The lowest BCUT2D eigenvalue weighted by Gasteiger charge is -2.05. The van der Waals surface area contributed by atoms with Gasteiger partial charge in [0, 0.05) is 22.1 Å². The molecule has 0 radical (unpaired) electrons. The quantitative estimate of drug-likeness (QED) is 0.455. The number of unbranched alkanes of at least 4 members (excludes halogenated alkanes) is 4. The van der Waals surface area contributed by atoms with Gasteiger partial charge in [-0.2, -0.15) is 0 Å². The zero-order chi connectivity index (χ0) is 12.7. The molecule has 0 saturated heterocycles.